The van der Waals surface area contributed by atoms with Gasteiger partial charge in [-0.3, -0.25) is 14.2 Å². The highest BCUT2D eigenvalue weighted by atomic mass is 32.1. The van der Waals surface area contributed by atoms with Crippen LogP contribution in [0.4, 0.5) is 0 Å². The zero-order valence-electron chi connectivity index (χ0n) is 15.0. The number of aryl methyl sites for hydroxylation is 2. The zero-order chi connectivity index (χ0) is 19.2. The SMILES string of the molecule is Cc1c(C(=O)NC2(C(=O)O)CCOC2)sc2nc3n(c(=O)c12)CCCCC3. The lowest BCUT2D eigenvalue weighted by Gasteiger charge is -2.23. The molecule has 2 aliphatic rings. The molecule has 0 bridgehead atoms. The Labute approximate surface area is 159 Å². The average molecular weight is 391 g/mol. The number of carboxylic acids is 1. The topological polar surface area (TPSA) is 111 Å². The van der Waals surface area contributed by atoms with Crippen LogP contribution >= 0.6 is 11.3 Å². The normalized spacial score (nSPS) is 22.4. The van der Waals surface area contributed by atoms with Crippen LogP contribution in [-0.2, 0) is 22.5 Å². The lowest BCUT2D eigenvalue weighted by Crippen LogP contribution is -2.55. The monoisotopic (exact) mass is 391 g/mol. The maximum atomic E-state index is 13.0. The molecule has 144 valence electrons. The number of nitrogens with zero attached hydrogens (tertiary/aromatic N) is 2. The van der Waals surface area contributed by atoms with Gasteiger partial charge in [-0.25, -0.2) is 9.78 Å². The van der Waals surface area contributed by atoms with Gasteiger partial charge in [0.25, 0.3) is 11.5 Å². The van der Waals surface area contributed by atoms with Crippen LogP contribution < -0.4 is 10.9 Å². The molecule has 1 atom stereocenters. The molecule has 4 heterocycles. The van der Waals surface area contributed by atoms with E-state index in [1.54, 1.807) is 11.5 Å². The predicted molar refractivity (Wildman–Crippen MR) is 99.4 cm³/mol. The molecule has 0 spiro atoms. The Bertz CT molecular complexity index is 987. The number of rotatable bonds is 3. The fraction of sp³-hybridized carbons (Fsp3) is 0.556. The van der Waals surface area contributed by atoms with E-state index >= 15 is 0 Å². The minimum Gasteiger partial charge on any atom is -0.479 e. The molecule has 2 aromatic rings. The fourth-order valence-corrected chi connectivity index (χ4v) is 4.87. The first-order chi connectivity index (χ1) is 12.9. The summed E-state index contributed by atoms with van der Waals surface area (Å²) in [5.74, 6) is -0.843. The number of hydrogen-bond donors (Lipinski definition) is 2. The van der Waals surface area contributed by atoms with Crippen LogP contribution in [0.5, 0.6) is 0 Å². The van der Waals surface area contributed by atoms with Gasteiger partial charge in [-0.2, -0.15) is 0 Å². The summed E-state index contributed by atoms with van der Waals surface area (Å²) >= 11 is 1.15. The highest BCUT2D eigenvalue weighted by Gasteiger charge is 2.44. The van der Waals surface area contributed by atoms with Gasteiger partial charge in [-0.15, -0.1) is 11.3 Å². The quantitative estimate of drug-likeness (QED) is 0.820. The fourth-order valence-electron chi connectivity index (χ4n) is 3.79. The third-order valence-electron chi connectivity index (χ3n) is 5.40. The van der Waals surface area contributed by atoms with Crippen molar-refractivity contribution in [2.24, 2.45) is 0 Å². The van der Waals surface area contributed by atoms with Gasteiger partial charge in [0, 0.05) is 26.0 Å². The number of nitrogens with one attached hydrogen (secondary N) is 1. The van der Waals surface area contributed by atoms with E-state index in [0.29, 0.717) is 27.2 Å². The van der Waals surface area contributed by atoms with E-state index in [-0.39, 0.29) is 25.2 Å². The van der Waals surface area contributed by atoms with Gasteiger partial charge < -0.3 is 15.2 Å². The van der Waals surface area contributed by atoms with Crippen molar-refractivity contribution in [1.29, 1.82) is 0 Å². The first kappa shape index (κ1) is 18.1. The van der Waals surface area contributed by atoms with Crippen molar-refractivity contribution in [1.82, 2.24) is 14.9 Å². The molecule has 4 rings (SSSR count). The molecule has 1 amide bonds. The van der Waals surface area contributed by atoms with Crippen molar-refractivity contribution in [3.8, 4) is 0 Å². The standard InChI is InChI=1S/C18H21N3O5S/c1-10-12-15(19-11-5-3-2-4-7-21(11)16(12)23)27-13(10)14(22)20-18(17(24)25)6-8-26-9-18/h2-9H2,1H3,(H,20,22)(H,24,25). The van der Waals surface area contributed by atoms with E-state index in [0.717, 1.165) is 42.8 Å². The second-order valence-corrected chi connectivity index (χ2v) is 8.17. The van der Waals surface area contributed by atoms with Crippen molar-refractivity contribution in [3.05, 3.63) is 26.6 Å². The van der Waals surface area contributed by atoms with Crippen molar-refractivity contribution < 1.29 is 19.4 Å². The molecule has 2 aromatic heterocycles. The molecule has 0 aliphatic carbocycles. The van der Waals surface area contributed by atoms with E-state index in [2.05, 4.69) is 10.3 Å². The molecule has 1 saturated heterocycles. The summed E-state index contributed by atoms with van der Waals surface area (Å²) in [4.78, 5) is 43.0. The summed E-state index contributed by atoms with van der Waals surface area (Å²) in [6.45, 7) is 2.59. The van der Waals surface area contributed by atoms with Crippen molar-refractivity contribution in [2.45, 2.75) is 51.1 Å². The number of thiophene rings is 1. The Morgan fingerprint density at radius 3 is 2.85 bits per heavy atom. The molecule has 9 heteroatoms. The van der Waals surface area contributed by atoms with Crippen LogP contribution in [-0.4, -0.2) is 45.3 Å². The third-order valence-corrected chi connectivity index (χ3v) is 6.59. The Morgan fingerprint density at radius 1 is 1.33 bits per heavy atom. The van der Waals surface area contributed by atoms with E-state index in [1.165, 1.54) is 0 Å². The van der Waals surface area contributed by atoms with E-state index in [1.807, 2.05) is 0 Å². The number of carboxylic acid groups (broad SMARTS) is 1. The first-order valence-electron chi connectivity index (χ1n) is 9.09. The maximum absolute atomic E-state index is 13.0. The summed E-state index contributed by atoms with van der Waals surface area (Å²) in [6.07, 6.45) is 3.98. The van der Waals surface area contributed by atoms with Gasteiger partial charge in [-0.1, -0.05) is 6.42 Å². The minimum atomic E-state index is -1.42. The smallest absolute Gasteiger partial charge is 0.331 e. The summed E-state index contributed by atoms with van der Waals surface area (Å²) < 4.78 is 6.91. The molecule has 0 aromatic carbocycles. The molecular formula is C18H21N3O5S. The van der Waals surface area contributed by atoms with Gasteiger partial charge in [-0.05, 0) is 25.3 Å². The van der Waals surface area contributed by atoms with Crippen LogP contribution in [0.15, 0.2) is 4.79 Å². The second kappa shape index (κ2) is 6.72. The Hall–Kier alpha value is -2.26. The van der Waals surface area contributed by atoms with E-state index < -0.39 is 17.4 Å². The van der Waals surface area contributed by atoms with Gasteiger partial charge in [0.2, 0.25) is 0 Å². The largest absolute Gasteiger partial charge is 0.479 e. The van der Waals surface area contributed by atoms with Crippen LogP contribution in [0.3, 0.4) is 0 Å². The molecule has 8 nitrogen and oxygen atoms in total. The molecule has 2 N–H and O–H groups in total. The molecule has 1 fully saturated rings. The summed E-state index contributed by atoms with van der Waals surface area (Å²) in [5.41, 5.74) is -0.967. The third kappa shape index (κ3) is 2.94. The highest BCUT2D eigenvalue weighted by Crippen LogP contribution is 2.29. The number of carbonyl (C=O) groups excluding carboxylic acids is 1. The predicted octanol–water partition coefficient (Wildman–Crippen LogP) is 1.47. The van der Waals surface area contributed by atoms with E-state index in [9.17, 15) is 19.5 Å². The minimum absolute atomic E-state index is 0.0623. The average Bonchev–Trinajstić information content (AvgIpc) is 3.14. The summed E-state index contributed by atoms with van der Waals surface area (Å²) in [5, 5.41) is 12.6. The number of carbonyl (C=O) groups is 2. The zero-order valence-corrected chi connectivity index (χ0v) is 15.9. The molecular weight excluding hydrogens is 370 g/mol. The van der Waals surface area contributed by atoms with Crippen LogP contribution in [0.2, 0.25) is 0 Å². The van der Waals surface area contributed by atoms with Gasteiger partial charge in [0.1, 0.15) is 10.7 Å². The van der Waals surface area contributed by atoms with Gasteiger partial charge in [0.05, 0.1) is 16.9 Å². The van der Waals surface area contributed by atoms with Gasteiger partial charge in [0.15, 0.2) is 5.54 Å². The summed E-state index contributed by atoms with van der Waals surface area (Å²) in [6, 6.07) is 0. The molecule has 1 unspecified atom stereocenters. The van der Waals surface area contributed by atoms with Gasteiger partial charge >= 0.3 is 5.97 Å². The molecule has 27 heavy (non-hydrogen) atoms. The lowest BCUT2D eigenvalue weighted by atomic mass is 9.99. The van der Waals surface area contributed by atoms with Crippen LogP contribution in [0.25, 0.3) is 10.2 Å². The second-order valence-electron chi connectivity index (χ2n) is 7.18. The van der Waals surface area contributed by atoms with E-state index in [4.69, 9.17) is 4.74 Å². The number of fused-ring (bicyclic) bond motifs is 2. The van der Waals surface area contributed by atoms with Crippen molar-refractivity contribution >= 4 is 33.4 Å². The molecule has 2 aliphatic heterocycles. The summed E-state index contributed by atoms with van der Waals surface area (Å²) in [7, 11) is 0. The van der Waals surface area contributed by atoms with Crippen LogP contribution in [0, 0.1) is 6.92 Å². The molecule has 0 saturated carbocycles. The highest BCUT2D eigenvalue weighted by molar-refractivity contribution is 7.20. The maximum Gasteiger partial charge on any atom is 0.331 e. The Kier molecular flexibility index (Phi) is 4.51. The number of amides is 1. The van der Waals surface area contributed by atoms with Crippen LogP contribution in [0.1, 0.15) is 46.7 Å². The Morgan fingerprint density at radius 2 is 2.15 bits per heavy atom. The number of aromatic nitrogens is 2. The lowest BCUT2D eigenvalue weighted by molar-refractivity contribution is -0.144. The Balaban J connectivity index is 1.76. The number of hydrogen-bond acceptors (Lipinski definition) is 6. The number of ether oxygens (including phenoxy) is 1. The molecule has 0 radical (unpaired) electrons. The van der Waals surface area contributed by atoms with Crippen molar-refractivity contribution in [3.63, 3.8) is 0 Å². The van der Waals surface area contributed by atoms with Crippen molar-refractivity contribution in [2.75, 3.05) is 13.2 Å². The first-order valence-corrected chi connectivity index (χ1v) is 9.91. The number of aliphatic carboxylic acids is 1.